The number of rotatable bonds is 5. The molecule has 0 unspecified atom stereocenters. The van der Waals surface area contributed by atoms with Crippen LogP contribution in [0.1, 0.15) is 23.0 Å². The Balaban J connectivity index is 2.61. The van der Waals surface area contributed by atoms with Gasteiger partial charge >= 0.3 is 22.1 Å². The third-order valence-electron chi connectivity index (χ3n) is 3.96. The van der Waals surface area contributed by atoms with Gasteiger partial charge in [-0.1, -0.05) is 18.5 Å². The van der Waals surface area contributed by atoms with E-state index < -0.39 is 44.8 Å². The summed E-state index contributed by atoms with van der Waals surface area (Å²) in [6.45, 7) is 1.57. The quantitative estimate of drug-likeness (QED) is 0.605. The van der Waals surface area contributed by atoms with Gasteiger partial charge in [-0.2, -0.15) is 25.9 Å². The van der Waals surface area contributed by atoms with Crippen LogP contribution in [0.5, 0.6) is 0 Å². The summed E-state index contributed by atoms with van der Waals surface area (Å²) in [5.41, 5.74) is -5.39. The van der Waals surface area contributed by atoms with Crippen LogP contribution >= 0.6 is 11.6 Å². The Morgan fingerprint density at radius 3 is 2.40 bits per heavy atom. The third-order valence-corrected chi connectivity index (χ3v) is 5.81. The molecular weight excluding hydrogens is 455 g/mol. The highest BCUT2D eigenvalue weighted by Gasteiger charge is 2.36. The maximum absolute atomic E-state index is 12.9. The van der Waals surface area contributed by atoms with Crippen molar-refractivity contribution in [3.63, 3.8) is 0 Å². The lowest BCUT2D eigenvalue weighted by Crippen LogP contribution is -2.45. The summed E-state index contributed by atoms with van der Waals surface area (Å²) in [5, 5.41) is -0.237. The standard InChI is InChI=1S/C15H15ClF3N5O5S/c1-3-22(2)30(28,29)21-13(26)9-6-8(4-5-10(9)16)23-12(25)7-11(15(17,18)19)24(20)14(23)27/h4-7H,3,20H2,1-2H3,(H,21,26). The molecule has 0 fully saturated rings. The zero-order valence-electron chi connectivity index (χ0n) is 15.4. The minimum Gasteiger partial charge on any atom is -0.335 e. The lowest BCUT2D eigenvalue weighted by atomic mass is 10.2. The number of carbonyl (C=O) groups is 1. The van der Waals surface area contributed by atoms with Crippen LogP contribution in [0.25, 0.3) is 5.69 Å². The van der Waals surface area contributed by atoms with Gasteiger partial charge in [0.15, 0.2) is 5.69 Å². The first kappa shape index (κ1) is 23.4. The number of nitrogens with two attached hydrogens (primary N) is 1. The average molecular weight is 470 g/mol. The molecule has 2 aromatic rings. The maximum atomic E-state index is 12.9. The summed E-state index contributed by atoms with van der Waals surface area (Å²) in [4.78, 5) is 36.7. The van der Waals surface area contributed by atoms with E-state index in [9.17, 15) is 36.0 Å². The van der Waals surface area contributed by atoms with Gasteiger partial charge in [-0.25, -0.2) is 18.8 Å². The van der Waals surface area contributed by atoms with E-state index in [1.165, 1.54) is 14.0 Å². The number of nitrogens with one attached hydrogen (secondary N) is 1. The van der Waals surface area contributed by atoms with Crippen LogP contribution in [0.2, 0.25) is 5.02 Å². The molecule has 30 heavy (non-hydrogen) atoms. The van der Waals surface area contributed by atoms with Crippen molar-refractivity contribution in [2.75, 3.05) is 19.4 Å². The fourth-order valence-corrected chi connectivity index (χ4v) is 3.30. The molecular formula is C15H15ClF3N5O5S. The van der Waals surface area contributed by atoms with Gasteiger partial charge in [-0.3, -0.25) is 9.59 Å². The van der Waals surface area contributed by atoms with Crippen LogP contribution in [-0.2, 0) is 16.4 Å². The fourth-order valence-electron chi connectivity index (χ4n) is 2.26. The van der Waals surface area contributed by atoms with Crippen LogP contribution in [0, 0.1) is 0 Å². The normalized spacial score (nSPS) is 12.2. The summed E-state index contributed by atoms with van der Waals surface area (Å²) >= 11 is 5.90. The molecule has 3 N–H and O–H groups in total. The van der Waals surface area contributed by atoms with E-state index in [1.807, 2.05) is 0 Å². The summed E-state index contributed by atoms with van der Waals surface area (Å²) in [7, 11) is -2.99. The van der Waals surface area contributed by atoms with Gasteiger partial charge in [0, 0.05) is 19.7 Å². The van der Waals surface area contributed by atoms with Crippen molar-refractivity contribution >= 4 is 27.7 Å². The molecule has 0 radical (unpaired) electrons. The van der Waals surface area contributed by atoms with Gasteiger partial charge in [-0.05, 0) is 18.2 Å². The number of halogens is 4. The molecule has 1 amide bonds. The molecule has 0 aliphatic heterocycles. The predicted molar refractivity (Wildman–Crippen MR) is 101 cm³/mol. The maximum Gasteiger partial charge on any atom is 0.433 e. The summed E-state index contributed by atoms with van der Waals surface area (Å²) in [5.74, 6) is 3.98. The highest BCUT2D eigenvalue weighted by molar-refractivity contribution is 7.87. The Hall–Kier alpha value is -2.84. The van der Waals surface area contributed by atoms with E-state index in [4.69, 9.17) is 17.4 Å². The highest BCUT2D eigenvalue weighted by Crippen LogP contribution is 2.26. The zero-order valence-corrected chi connectivity index (χ0v) is 17.0. The number of carbonyl (C=O) groups excluding carboxylic acids is 1. The summed E-state index contributed by atoms with van der Waals surface area (Å²) in [6.07, 6.45) is -5.06. The fraction of sp³-hybridized carbons (Fsp3) is 0.267. The second-order valence-electron chi connectivity index (χ2n) is 5.87. The van der Waals surface area contributed by atoms with Crippen molar-refractivity contribution in [2.24, 2.45) is 0 Å². The average Bonchev–Trinajstić information content (AvgIpc) is 2.63. The molecule has 1 aromatic heterocycles. The number of benzene rings is 1. The number of amides is 1. The lowest BCUT2D eigenvalue weighted by Gasteiger charge is -2.16. The van der Waals surface area contributed by atoms with Crippen LogP contribution in [0.4, 0.5) is 13.2 Å². The number of alkyl halides is 3. The van der Waals surface area contributed by atoms with Crippen molar-refractivity contribution in [1.82, 2.24) is 18.3 Å². The van der Waals surface area contributed by atoms with Gasteiger partial charge < -0.3 is 5.84 Å². The number of hydrogen-bond donors (Lipinski definition) is 2. The first-order chi connectivity index (χ1) is 13.7. The monoisotopic (exact) mass is 469 g/mol. The van der Waals surface area contributed by atoms with Gasteiger partial charge in [0.2, 0.25) is 0 Å². The molecule has 1 heterocycles. The highest BCUT2D eigenvalue weighted by atomic mass is 35.5. The molecule has 0 atom stereocenters. The van der Waals surface area contributed by atoms with Crippen molar-refractivity contribution in [3.05, 3.63) is 61.4 Å². The smallest absolute Gasteiger partial charge is 0.335 e. The van der Waals surface area contributed by atoms with Crippen LogP contribution in [0.15, 0.2) is 33.9 Å². The molecule has 0 saturated carbocycles. The second-order valence-corrected chi connectivity index (χ2v) is 8.05. The molecule has 0 aliphatic carbocycles. The van der Waals surface area contributed by atoms with Crippen molar-refractivity contribution in [3.8, 4) is 5.69 Å². The Morgan fingerprint density at radius 1 is 1.27 bits per heavy atom. The van der Waals surface area contributed by atoms with E-state index in [-0.39, 0.29) is 32.6 Å². The SMILES string of the molecule is CCN(C)S(=O)(=O)NC(=O)c1cc(-n2c(=O)cc(C(F)(F)F)n(N)c2=O)ccc1Cl. The van der Waals surface area contributed by atoms with E-state index in [2.05, 4.69) is 0 Å². The van der Waals surface area contributed by atoms with Gasteiger partial charge in [0.25, 0.3) is 11.5 Å². The first-order valence-corrected chi connectivity index (χ1v) is 9.82. The topological polar surface area (TPSA) is 136 Å². The third kappa shape index (κ3) is 4.49. The van der Waals surface area contributed by atoms with Gasteiger partial charge in [0.05, 0.1) is 16.3 Å². The second kappa shape index (κ2) is 8.12. The number of nitrogen functional groups attached to an aromatic ring is 1. The molecule has 0 spiro atoms. The van der Waals surface area contributed by atoms with Crippen molar-refractivity contribution in [1.29, 1.82) is 0 Å². The van der Waals surface area contributed by atoms with Gasteiger partial charge in [0.1, 0.15) is 0 Å². The van der Waals surface area contributed by atoms with Crippen LogP contribution in [-0.4, -0.2) is 41.5 Å². The molecule has 10 nitrogen and oxygen atoms in total. The molecule has 0 bridgehead atoms. The van der Waals surface area contributed by atoms with Crippen molar-refractivity contribution in [2.45, 2.75) is 13.1 Å². The largest absolute Gasteiger partial charge is 0.433 e. The first-order valence-electron chi connectivity index (χ1n) is 8.00. The molecule has 15 heteroatoms. The number of aromatic nitrogens is 2. The lowest BCUT2D eigenvalue weighted by molar-refractivity contribution is -0.143. The van der Waals surface area contributed by atoms with Gasteiger partial charge in [-0.15, -0.1) is 0 Å². The zero-order chi connectivity index (χ0) is 23.0. The molecule has 0 saturated heterocycles. The predicted octanol–water partition coefficient (Wildman–Crippen LogP) is 0.311. The molecule has 164 valence electrons. The van der Waals surface area contributed by atoms with Crippen molar-refractivity contribution < 1.29 is 26.4 Å². The number of nitrogens with zero attached hydrogens (tertiary/aromatic N) is 3. The summed E-state index contributed by atoms with van der Waals surface area (Å²) in [6, 6.07) is 3.11. The van der Waals surface area contributed by atoms with Crippen LogP contribution < -0.4 is 21.8 Å². The minimum atomic E-state index is -5.06. The Bertz CT molecular complexity index is 1220. The van der Waals surface area contributed by atoms with Crippen LogP contribution in [0.3, 0.4) is 0 Å². The van der Waals surface area contributed by atoms with E-state index in [0.29, 0.717) is 0 Å². The molecule has 1 aromatic carbocycles. The molecule has 2 rings (SSSR count). The Kier molecular flexibility index (Phi) is 6.34. The Morgan fingerprint density at radius 2 is 1.87 bits per heavy atom. The molecule has 0 aliphatic rings. The van der Waals surface area contributed by atoms with E-state index in [1.54, 1.807) is 4.72 Å². The minimum absolute atomic E-state index is 0.0490. The summed E-state index contributed by atoms with van der Waals surface area (Å²) < 4.78 is 65.3. The van der Waals surface area contributed by atoms with E-state index >= 15 is 0 Å². The van der Waals surface area contributed by atoms with E-state index in [0.717, 1.165) is 22.5 Å². The Labute approximate surface area is 172 Å². The number of hydrogen-bond acceptors (Lipinski definition) is 6.